The molecule has 0 bridgehead atoms. The fourth-order valence-corrected chi connectivity index (χ4v) is 2.63. The highest BCUT2D eigenvalue weighted by Crippen LogP contribution is 2.31. The smallest absolute Gasteiger partial charge is 0.101 e. The number of aromatic amines is 1. The van der Waals surface area contributed by atoms with Crippen LogP contribution in [0.15, 0.2) is 53.8 Å². The lowest BCUT2D eigenvalue weighted by atomic mass is 9.91. The summed E-state index contributed by atoms with van der Waals surface area (Å²) in [6, 6.07) is 8.32. The van der Waals surface area contributed by atoms with Gasteiger partial charge in [0.25, 0.3) is 0 Å². The van der Waals surface area contributed by atoms with E-state index in [4.69, 9.17) is 5.26 Å². The fraction of sp³-hybridized carbons (Fsp3) is 0.222. The van der Waals surface area contributed by atoms with Gasteiger partial charge in [0.05, 0.1) is 5.56 Å². The van der Waals surface area contributed by atoms with E-state index >= 15 is 0 Å². The third-order valence-corrected chi connectivity index (χ3v) is 3.74. The molecule has 0 aliphatic heterocycles. The highest BCUT2D eigenvalue weighted by Gasteiger charge is 2.16. The first kappa shape index (κ1) is 15.7. The third-order valence-electron chi connectivity index (χ3n) is 3.74. The van der Waals surface area contributed by atoms with E-state index < -0.39 is 0 Å². The molecular weight excluding hydrogens is 272 g/mol. The van der Waals surface area contributed by atoms with Crippen molar-refractivity contribution in [3.05, 3.63) is 60.0 Å². The maximum atomic E-state index is 9.09. The van der Waals surface area contributed by atoms with Crippen LogP contribution in [0.5, 0.6) is 0 Å². The molecule has 0 saturated carbocycles. The van der Waals surface area contributed by atoms with Crippen molar-refractivity contribution in [2.45, 2.75) is 12.3 Å². The molecule has 1 aromatic carbocycles. The van der Waals surface area contributed by atoms with Crippen molar-refractivity contribution < 1.29 is 0 Å². The van der Waals surface area contributed by atoms with Crippen LogP contribution in [0.25, 0.3) is 10.9 Å². The van der Waals surface area contributed by atoms with Gasteiger partial charge >= 0.3 is 0 Å². The van der Waals surface area contributed by atoms with Crippen LogP contribution < -0.4 is 5.32 Å². The van der Waals surface area contributed by atoms with E-state index in [0.29, 0.717) is 5.56 Å². The molecule has 0 radical (unpaired) electrons. The predicted octanol–water partition coefficient (Wildman–Crippen LogP) is 3.50. The van der Waals surface area contributed by atoms with Crippen molar-refractivity contribution >= 4 is 17.6 Å². The minimum atomic E-state index is 0.140. The minimum absolute atomic E-state index is 0.140. The number of fused-ring (bicyclic) bond motifs is 1. The van der Waals surface area contributed by atoms with Crippen molar-refractivity contribution in [1.82, 2.24) is 10.3 Å². The summed E-state index contributed by atoms with van der Waals surface area (Å²) < 4.78 is 0. The topological polar surface area (TPSA) is 64.0 Å². The normalized spacial score (nSPS) is 12.8. The predicted molar refractivity (Wildman–Crippen MR) is 92.1 cm³/mol. The van der Waals surface area contributed by atoms with Crippen LogP contribution in [0.2, 0.25) is 0 Å². The Bertz CT molecular complexity index is 746. The zero-order chi connectivity index (χ0) is 15.9. The molecular formula is C18H20N4. The van der Waals surface area contributed by atoms with Gasteiger partial charge in [-0.15, -0.1) is 0 Å². The monoisotopic (exact) mass is 292 g/mol. The number of hydrogen-bond donors (Lipinski definition) is 2. The molecule has 0 aliphatic carbocycles. The van der Waals surface area contributed by atoms with E-state index in [1.807, 2.05) is 19.2 Å². The Labute approximate surface area is 130 Å². The molecule has 0 amide bonds. The van der Waals surface area contributed by atoms with Crippen molar-refractivity contribution in [1.29, 1.82) is 5.26 Å². The number of rotatable bonds is 7. The van der Waals surface area contributed by atoms with Crippen LogP contribution in [-0.2, 0) is 0 Å². The van der Waals surface area contributed by atoms with Crippen molar-refractivity contribution in [2.75, 3.05) is 13.6 Å². The summed E-state index contributed by atoms with van der Waals surface area (Å²) in [7, 11) is 1.93. The molecule has 4 heteroatoms. The molecule has 2 rings (SSSR count). The van der Waals surface area contributed by atoms with Gasteiger partial charge in [-0.3, -0.25) is 4.99 Å². The van der Waals surface area contributed by atoms with Gasteiger partial charge < -0.3 is 10.3 Å². The summed E-state index contributed by atoms with van der Waals surface area (Å²) in [6.45, 7) is 8.30. The summed E-state index contributed by atoms with van der Waals surface area (Å²) in [5.74, 6) is 0.140. The van der Waals surface area contributed by atoms with Gasteiger partial charge in [-0.25, -0.2) is 0 Å². The molecule has 112 valence electrons. The van der Waals surface area contributed by atoms with Crippen LogP contribution >= 0.6 is 0 Å². The van der Waals surface area contributed by atoms with Gasteiger partial charge in [0.1, 0.15) is 6.07 Å². The SMILES string of the molecule is C=C/C=C(\N=C)C(CCNC)c1ccc2c(C#N)c[nH]c2c1. The van der Waals surface area contributed by atoms with E-state index in [1.165, 1.54) is 0 Å². The molecule has 1 heterocycles. The summed E-state index contributed by atoms with van der Waals surface area (Å²) in [5.41, 5.74) is 3.67. The largest absolute Gasteiger partial charge is 0.360 e. The maximum absolute atomic E-state index is 9.09. The molecule has 0 fully saturated rings. The lowest BCUT2D eigenvalue weighted by Crippen LogP contribution is -2.13. The molecule has 1 aromatic heterocycles. The van der Waals surface area contributed by atoms with Gasteiger partial charge in [0.2, 0.25) is 0 Å². The Kier molecular flexibility index (Phi) is 5.29. The van der Waals surface area contributed by atoms with Crippen LogP contribution in [0.1, 0.15) is 23.5 Å². The molecule has 0 spiro atoms. The van der Waals surface area contributed by atoms with E-state index in [-0.39, 0.29) is 5.92 Å². The number of aliphatic imine (C=N–C) groups is 1. The number of aromatic nitrogens is 1. The van der Waals surface area contributed by atoms with Gasteiger partial charge in [-0.05, 0) is 44.4 Å². The number of hydrogen-bond acceptors (Lipinski definition) is 3. The summed E-state index contributed by atoms with van der Waals surface area (Å²) in [4.78, 5) is 7.31. The highest BCUT2D eigenvalue weighted by molar-refractivity contribution is 5.86. The zero-order valence-electron chi connectivity index (χ0n) is 12.8. The minimum Gasteiger partial charge on any atom is -0.360 e. The molecule has 2 N–H and O–H groups in total. The second kappa shape index (κ2) is 7.39. The first-order valence-corrected chi connectivity index (χ1v) is 7.20. The Hall–Kier alpha value is -2.64. The van der Waals surface area contributed by atoms with Gasteiger partial charge in [0.15, 0.2) is 0 Å². The molecule has 0 aliphatic rings. The second-order valence-electron chi connectivity index (χ2n) is 5.05. The Morgan fingerprint density at radius 1 is 1.55 bits per heavy atom. The average molecular weight is 292 g/mol. The number of H-pyrrole nitrogens is 1. The Balaban J connectivity index is 2.46. The van der Waals surface area contributed by atoms with E-state index in [1.54, 1.807) is 12.3 Å². The molecule has 0 saturated heterocycles. The zero-order valence-corrected chi connectivity index (χ0v) is 12.8. The van der Waals surface area contributed by atoms with Crippen LogP contribution in [0.4, 0.5) is 0 Å². The van der Waals surface area contributed by atoms with Gasteiger partial charge in [-0.1, -0.05) is 24.8 Å². The van der Waals surface area contributed by atoms with Crippen LogP contribution in [0, 0.1) is 11.3 Å². The molecule has 22 heavy (non-hydrogen) atoms. The van der Waals surface area contributed by atoms with Gasteiger partial charge in [-0.2, -0.15) is 5.26 Å². The lowest BCUT2D eigenvalue weighted by molar-refractivity contribution is 0.650. The lowest BCUT2D eigenvalue weighted by Gasteiger charge is -2.18. The number of nitrogens with zero attached hydrogens (tertiary/aromatic N) is 2. The van der Waals surface area contributed by atoms with Crippen LogP contribution in [-0.4, -0.2) is 25.3 Å². The maximum Gasteiger partial charge on any atom is 0.101 e. The van der Waals surface area contributed by atoms with Crippen LogP contribution in [0.3, 0.4) is 0 Å². The molecule has 4 nitrogen and oxygen atoms in total. The first-order chi connectivity index (χ1) is 10.7. The van der Waals surface area contributed by atoms with Crippen molar-refractivity contribution in [3.63, 3.8) is 0 Å². The third kappa shape index (κ3) is 3.16. The number of nitrogens with one attached hydrogen (secondary N) is 2. The first-order valence-electron chi connectivity index (χ1n) is 7.20. The summed E-state index contributed by atoms with van der Waals surface area (Å²) in [5, 5.41) is 13.2. The molecule has 2 aromatic rings. The second-order valence-corrected chi connectivity index (χ2v) is 5.05. The van der Waals surface area contributed by atoms with E-state index in [9.17, 15) is 0 Å². The van der Waals surface area contributed by atoms with E-state index in [0.717, 1.165) is 35.1 Å². The number of benzene rings is 1. The number of allylic oxidation sites excluding steroid dienone is 3. The van der Waals surface area contributed by atoms with Gasteiger partial charge in [0, 0.05) is 28.7 Å². The fourth-order valence-electron chi connectivity index (χ4n) is 2.63. The average Bonchev–Trinajstić information content (AvgIpc) is 2.96. The molecule has 1 atom stereocenters. The number of nitriles is 1. The Morgan fingerprint density at radius 3 is 3.00 bits per heavy atom. The highest BCUT2D eigenvalue weighted by atomic mass is 14.8. The summed E-state index contributed by atoms with van der Waals surface area (Å²) in [6.07, 6.45) is 6.28. The van der Waals surface area contributed by atoms with E-state index in [2.05, 4.69) is 46.8 Å². The Morgan fingerprint density at radius 2 is 2.36 bits per heavy atom. The summed E-state index contributed by atoms with van der Waals surface area (Å²) >= 11 is 0. The standard InChI is InChI=1S/C18H20N4/c1-4-5-17(21-3)16(8-9-20-2)13-6-7-15-14(11-19)12-22-18(15)10-13/h4-7,10,12,16,20,22H,1,3,8-9H2,2H3/b17-5-. The molecule has 1 unspecified atom stereocenters. The van der Waals surface area contributed by atoms with Crippen molar-refractivity contribution in [2.24, 2.45) is 4.99 Å². The quantitative estimate of drug-likeness (QED) is 0.606. The van der Waals surface area contributed by atoms with Crippen molar-refractivity contribution in [3.8, 4) is 6.07 Å².